The van der Waals surface area contributed by atoms with E-state index in [2.05, 4.69) is 5.32 Å². The van der Waals surface area contributed by atoms with Crippen molar-refractivity contribution < 1.29 is 19.0 Å². The first-order valence-corrected chi connectivity index (χ1v) is 4.83. The van der Waals surface area contributed by atoms with E-state index >= 15 is 0 Å². The lowest BCUT2D eigenvalue weighted by Crippen LogP contribution is -2.36. The molecule has 5 heteroatoms. The lowest BCUT2D eigenvalue weighted by molar-refractivity contribution is 0.0898. The van der Waals surface area contributed by atoms with Crippen LogP contribution in [0.2, 0.25) is 0 Å². The number of carbonyl (C=O) groups excluding carboxylic acids is 1. The van der Waals surface area contributed by atoms with Gasteiger partial charge in [0.05, 0.1) is 6.61 Å². The van der Waals surface area contributed by atoms with E-state index in [1.54, 1.807) is 6.92 Å². The van der Waals surface area contributed by atoms with Crippen LogP contribution in [0.15, 0.2) is 18.2 Å². The Morgan fingerprint density at radius 2 is 2.31 bits per heavy atom. The minimum atomic E-state index is -0.748. The van der Waals surface area contributed by atoms with Crippen LogP contribution >= 0.6 is 0 Å². The fourth-order valence-electron chi connectivity index (χ4n) is 1.33. The Labute approximate surface area is 93.0 Å². The number of hydrogen-bond acceptors (Lipinski definition) is 3. The quantitative estimate of drug-likeness (QED) is 0.815. The number of rotatable bonds is 4. The summed E-state index contributed by atoms with van der Waals surface area (Å²) >= 11 is 0. The Bertz CT molecular complexity index is 361. The summed E-state index contributed by atoms with van der Waals surface area (Å²) in [6.07, 6.45) is 0. The third-order valence-corrected chi connectivity index (χ3v) is 2.01. The highest BCUT2D eigenvalue weighted by atomic mass is 19.1. The average molecular weight is 227 g/mol. The van der Waals surface area contributed by atoms with Crippen molar-refractivity contribution in [1.82, 2.24) is 5.32 Å². The molecule has 1 aromatic rings. The second-order valence-electron chi connectivity index (χ2n) is 3.46. The molecular weight excluding hydrogens is 213 g/mol. The minimum absolute atomic E-state index is 0.253. The molecule has 0 aliphatic rings. The highest BCUT2D eigenvalue weighted by molar-refractivity contribution is 5.97. The number of ether oxygens (including phenoxy) is 1. The molecule has 0 aromatic heterocycles. The summed E-state index contributed by atoms with van der Waals surface area (Å²) in [4.78, 5) is 11.6. The lowest BCUT2D eigenvalue weighted by Gasteiger charge is -2.13. The first kappa shape index (κ1) is 12.4. The molecule has 0 radical (unpaired) electrons. The zero-order chi connectivity index (χ0) is 12.1. The van der Waals surface area contributed by atoms with Gasteiger partial charge in [-0.05, 0) is 19.1 Å². The maximum absolute atomic E-state index is 13.3. The van der Waals surface area contributed by atoms with E-state index in [9.17, 15) is 14.3 Å². The van der Waals surface area contributed by atoms with Gasteiger partial charge in [-0.3, -0.25) is 4.79 Å². The molecular formula is C11H14FNO3. The molecule has 0 aliphatic carbocycles. The first-order valence-electron chi connectivity index (χ1n) is 4.83. The molecule has 4 nitrogen and oxygen atoms in total. The van der Waals surface area contributed by atoms with Gasteiger partial charge in [-0.25, -0.2) is 4.39 Å². The van der Waals surface area contributed by atoms with Gasteiger partial charge in [0, 0.05) is 13.2 Å². The van der Waals surface area contributed by atoms with Gasteiger partial charge in [-0.2, -0.15) is 0 Å². The molecule has 1 rings (SSSR count). The molecule has 0 bridgehead atoms. The Morgan fingerprint density at radius 3 is 2.88 bits per heavy atom. The van der Waals surface area contributed by atoms with Crippen molar-refractivity contribution >= 4 is 5.91 Å². The standard InChI is InChI=1S/C11H14FNO3/c1-7(6-16-2)13-11(15)10-8(12)4-3-5-9(10)14/h3-5,7,14H,6H2,1-2H3,(H,13,15). The fraction of sp³-hybridized carbons (Fsp3) is 0.364. The SMILES string of the molecule is COCC(C)NC(=O)c1c(O)cccc1F. The van der Waals surface area contributed by atoms with E-state index in [4.69, 9.17) is 4.74 Å². The topological polar surface area (TPSA) is 58.6 Å². The summed E-state index contributed by atoms with van der Waals surface area (Å²) in [6, 6.07) is 3.46. The minimum Gasteiger partial charge on any atom is -0.507 e. The van der Waals surface area contributed by atoms with Crippen LogP contribution in [0.3, 0.4) is 0 Å². The molecule has 2 N–H and O–H groups in total. The molecule has 0 heterocycles. The van der Waals surface area contributed by atoms with Crippen LogP contribution in [0.4, 0.5) is 4.39 Å². The van der Waals surface area contributed by atoms with Crippen molar-refractivity contribution in [1.29, 1.82) is 0 Å². The van der Waals surface area contributed by atoms with Gasteiger partial charge >= 0.3 is 0 Å². The predicted molar refractivity (Wildman–Crippen MR) is 56.9 cm³/mol. The Hall–Kier alpha value is -1.62. The molecule has 0 saturated heterocycles. The molecule has 0 saturated carbocycles. The summed E-state index contributed by atoms with van der Waals surface area (Å²) in [6.45, 7) is 2.04. The van der Waals surface area contributed by atoms with Gasteiger partial charge in [0.1, 0.15) is 17.1 Å². The number of nitrogens with one attached hydrogen (secondary N) is 1. The molecule has 1 unspecified atom stereocenters. The summed E-state index contributed by atoms with van der Waals surface area (Å²) in [5.41, 5.74) is -0.342. The van der Waals surface area contributed by atoms with Crippen molar-refractivity contribution in [3.63, 3.8) is 0 Å². The second kappa shape index (κ2) is 5.46. The lowest BCUT2D eigenvalue weighted by atomic mass is 10.1. The van der Waals surface area contributed by atoms with Crippen molar-refractivity contribution in [2.45, 2.75) is 13.0 Å². The van der Waals surface area contributed by atoms with E-state index < -0.39 is 11.7 Å². The maximum atomic E-state index is 13.3. The molecule has 0 fully saturated rings. The van der Waals surface area contributed by atoms with Crippen molar-refractivity contribution in [2.24, 2.45) is 0 Å². The number of hydrogen-bond donors (Lipinski definition) is 2. The third-order valence-electron chi connectivity index (χ3n) is 2.01. The van der Waals surface area contributed by atoms with E-state index in [1.807, 2.05) is 0 Å². The smallest absolute Gasteiger partial charge is 0.258 e. The highest BCUT2D eigenvalue weighted by Gasteiger charge is 2.17. The van der Waals surface area contributed by atoms with Gasteiger partial charge in [0.25, 0.3) is 5.91 Å². The summed E-state index contributed by atoms with van der Waals surface area (Å²) in [5, 5.41) is 11.9. The first-order chi connectivity index (χ1) is 7.56. The number of phenolic OH excluding ortho intramolecular Hbond substituents is 1. The van der Waals surface area contributed by atoms with E-state index in [0.29, 0.717) is 6.61 Å². The average Bonchev–Trinajstić information content (AvgIpc) is 2.17. The fourth-order valence-corrected chi connectivity index (χ4v) is 1.33. The van der Waals surface area contributed by atoms with Crippen LogP contribution in [0.1, 0.15) is 17.3 Å². The Kier molecular flexibility index (Phi) is 4.25. The van der Waals surface area contributed by atoms with Crippen LogP contribution in [-0.2, 0) is 4.74 Å². The Balaban J connectivity index is 2.80. The van der Waals surface area contributed by atoms with Crippen LogP contribution in [0.25, 0.3) is 0 Å². The molecule has 1 aromatic carbocycles. The number of phenols is 1. The van der Waals surface area contributed by atoms with Crippen LogP contribution in [0.5, 0.6) is 5.75 Å². The number of amides is 1. The van der Waals surface area contributed by atoms with Gasteiger partial charge in [-0.15, -0.1) is 0 Å². The molecule has 1 atom stereocenters. The number of methoxy groups -OCH3 is 1. The third kappa shape index (κ3) is 2.93. The van der Waals surface area contributed by atoms with Gasteiger partial charge in [-0.1, -0.05) is 6.07 Å². The number of carbonyl (C=O) groups is 1. The normalized spacial score (nSPS) is 12.2. The van der Waals surface area contributed by atoms with Crippen molar-refractivity contribution in [3.8, 4) is 5.75 Å². The van der Waals surface area contributed by atoms with Crippen LogP contribution in [0, 0.1) is 5.82 Å². The number of halogens is 1. The van der Waals surface area contributed by atoms with Gasteiger partial charge < -0.3 is 15.2 Å². The van der Waals surface area contributed by atoms with Crippen molar-refractivity contribution in [2.75, 3.05) is 13.7 Å². The van der Waals surface area contributed by atoms with Crippen molar-refractivity contribution in [3.05, 3.63) is 29.6 Å². The monoisotopic (exact) mass is 227 g/mol. The zero-order valence-corrected chi connectivity index (χ0v) is 9.16. The summed E-state index contributed by atoms with van der Waals surface area (Å²) in [5.74, 6) is -1.77. The van der Waals surface area contributed by atoms with Crippen LogP contribution in [-0.4, -0.2) is 30.8 Å². The Morgan fingerprint density at radius 1 is 1.62 bits per heavy atom. The molecule has 88 valence electrons. The molecule has 1 amide bonds. The van der Waals surface area contributed by atoms with E-state index in [-0.39, 0.29) is 17.4 Å². The largest absolute Gasteiger partial charge is 0.507 e. The summed E-state index contributed by atoms with van der Waals surface area (Å²) < 4.78 is 18.1. The molecule has 0 aliphatic heterocycles. The second-order valence-corrected chi connectivity index (χ2v) is 3.46. The van der Waals surface area contributed by atoms with Gasteiger partial charge in [0.15, 0.2) is 0 Å². The zero-order valence-electron chi connectivity index (χ0n) is 9.16. The maximum Gasteiger partial charge on any atom is 0.258 e. The number of aromatic hydroxyl groups is 1. The number of benzene rings is 1. The van der Waals surface area contributed by atoms with Crippen LogP contribution < -0.4 is 5.32 Å². The predicted octanol–water partition coefficient (Wildman–Crippen LogP) is 1.30. The molecule has 16 heavy (non-hydrogen) atoms. The highest BCUT2D eigenvalue weighted by Crippen LogP contribution is 2.19. The molecule has 0 spiro atoms. The van der Waals surface area contributed by atoms with E-state index in [1.165, 1.54) is 19.2 Å². The van der Waals surface area contributed by atoms with Gasteiger partial charge in [0.2, 0.25) is 0 Å². The van der Waals surface area contributed by atoms with E-state index in [0.717, 1.165) is 6.07 Å². The summed E-state index contributed by atoms with van der Waals surface area (Å²) in [7, 11) is 1.50.